The number of aliphatic hydroxyl groups is 1. The molecule has 2 N–H and O–H groups in total. The molecule has 0 radical (unpaired) electrons. The Labute approximate surface area is 254 Å². The number of aromatic nitrogens is 3. The molecule has 0 spiro atoms. The van der Waals surface area contributed by atoms with E-state index < -0.39 is 5.54 Å². The predicted molar refractivity (Wildman–Crippen MR) is 166 cm³/mol. The van der Waals surface area contributed by atoms with Crippen molar-refractivity contribution in [3.8, 4) is 22.5 Å². The number of fused-ring (bicyclic) bond motifs is 5. The van der Waals surface area contributed by atoms with Crippen molar-refractivity contribution >= 4 is 17.5 Å². The van der Waals surface area contributed by atoms with Crippen LogP contribution in [0.3, 0.4) is 0 Å². The lowest BCUT2D eigenvalue weighted by Crippen LogP contribution is -2.34. The number of carbonyl (C=O) groups excluding carboxylic acids is 2. The van der Waals surface area contributed by atoms with Gasteiger partial charge in [-0.1, -0.05) is 68.4 Å². The molecule has 2 heterocycles. The Bertz CT molecular complexity index is 1390. The minimum absolute atomic E-state index is 0.0574. The molecule has 3 aromatic rings. The monoisotopic (exact) mass is 591 g/mol. The Morgan fingerprint density at radius 3 is 2.30 bits per heavy atom. The fourth-order valence-electron chi connectivity index (χ4n) is 4.88. The maximum Gasteiger partial charge on any atom is 0.227 e. The molecule has 0 atom stereocenters. The van der Waals surface area contributed by atoms with Crippen LogP contribution in [0.1, 0.15) is 59.4 Å². The molecule has 2 amide bonds. The highest BCUT2D eigenvalue weighted by Gasteiger charge is 2.33. The average Bonchev–Trinajstić information content (AvgIpc) is 3.42. The Hall–Kier alpha value is -3.60. The summed E-state index contributed by atoms with van der Waals surface area (Å²) < 4.78 is 12.9. The number of nitrogens with one attached hydrogen (secondary N) is 1. The van der Waals surface area contributed by atoms with Crippen molar-refractivity contribution < 1.29 is 24.2 Å². The van der Waals surface area contributed by atoms with Crippen molar-refractivity contribution in [2.24, 2.45) is 5.41 Å². The summed E-state index contributed by atoms with van der Waals surface area (Å²) in [4.78, 5) is 27.9. The molecular weight excluding hydrogens is 546 g/mol. The molecule has 10 nitrogen and oxygen atoms in total. The molecule has 10 heteroatoms. The van der Waals surface area contributed by atoms with Gasteiger partial charge in [0.1, 0.15) is 5.69 Å². The first kappa shape index (κ1) is 32.3. The van der Waals surface area contributed by atoms with Gasteiger partial charge in [-0.15, -0.1) is 5.10 Å². The fourth-order valence-corrected chi connectivity index (χ4v) is 4.88. The molecule has 1 aliphatic rings. The van der Waals surface area contributed by atoms with Crippen molar-refractivity contribution in [1.29, 1.82) is 0 Å². The standard InChI is InChI=1S/C33H45N5O5/c1-32(2,3)16-18-42-20-21-43-19-17-34-28(40)14-15-29(41)37-22-24-10-6-7-11-25(24)31-30(26-12-8-9-13-27(26)37)35-36-38(31)33(4,5)23-39/h6-13,39H,14-23H2,1-5H3,(H,34,40). The number of rotatable bonds is 13. The van der Waals surface area contributed by atoms with Gasteiger partial charge in [0.2, 0.25) is 11.8 Å². The highest BCUT2D eigenvalue weighted by molar-refractivity contribution is 6.01. The average molecular weight is 592 g/mol. The topological polar surface area (TPSA) is 119 Å². The SMILES string of the molecule is CC(C)(C)CCOCCOCCNC(=O)CCC(=O)N1Cc2ccccc2-c2c(nnn2C(C)(C)CO)-c2ccccc21. The van der Waals surface area contributed by atoms with Crippen LogP contribution in [-0.2, 0) is 31.1 Å². The summed E-state index contributed by atoms with van der Waals surface area (Å²) in [5, 5.41) is 21.9. The third-order valence-electron chi connectivity index (χ3n) is 7.49. The minimum Gasteiger partial charge on any atom is -0.394 e. The summed E-state index contributed by atoms with van der Waals surface area (Å²) in [6, 6.07) is 15.5. The van der Waals surface area contributed by atoms with Crippen LogP contribution in [0.5, 0.6) is 0 Å². The molecule has 43 heavy (non-hydrogen) atoms. The van der Waals surface area contributed by atoms with Gasteiger partial charge in [0.15, 0.2) is 0 Å². The zero-order chi connectivity index (χ0) is 31.0. The highest BCUT2D eigenvalue weighted by atomic mass is 16.5. The first-order valence-electron chi connectivity index (χ1n) is 15.0. The van der Waals surface area contributed by atoms with Crippen LogP contribution in [0, 0.1) is 5.41 Å². The van der Waals surface area contributed by atoms with Crippen molar-refractivity contribution in [3.63, 3.8) is 0 Å². The van der Waals surface area contributed by atoms with Crippen molar-refractivity contribution in [2.45, 2.75) is 66.0 Å². The van der Waals surface area contributed by atoms with Crippen LogP contribution in [0.4, 0.5) is 5.69 Å². The van der Waals surface area contributed by atoms with Gasteiger partial charge >= 0.3 is 0 Å². The number of para-hydroxylation sites is 1. The zero-order valence-corrected chi connectivity index (χ0v) is 26.1. The van der Waals surface area contributed by atoms with Crippen LogP contribution < -0.4 is 10.2 Å². The second-order valence-corrected chi connectivity index (χ2v) is 12.7. The normalized spacial score (nSPS) is 13.0. The molecule has 0 unspecified atom stereocenters. The van der Waals surface area contributed by atoms with Crippen LogP contribution in [0.15, 0.2) is 48.5 Å². The number of carbonyl (C=O) groups is 2. The molecule has 0 bridgehead atoms. The van der Waals surface area contributed by atoms with Crippen LogP contribution in [0.25, 0.3) is 22.5 Å². The molecule has 1 aliphatic heterocycles. The van der Waals surface area contributed by atoms with Crippen molar-refractivity contribution in [1.82, 2.24) is 20.3 Å². The van der Waals surface area contributed by atoms with Gasteiger partial charge in [0, 0.05) is 37.1 Å². The van der Waals surface area contributed by atoms with E-state index >= 15 is 0 Å². The van der Waals surface area contributed by atoms with E-state index in [0.717, 1.165) is 28.8 Å². The Morgan fingerprint density at radius 2 is 1.58 bits per heavy atom. The Balaban J connectivity index is 1.39. The maximum atomic E-state index is 13.7. The molecule has 4 rings (SSSR count). The molecule has 0 aliphatic carbocycles. The molecule has 1 aromatic heterocycles. The van der Waals surface area contributed by atoms with Gasteiger partial charge < -0.3 is 24.8 Å². The zero-order valence-electron chi connectivity index (χ0n) is 26.1. The van der Waals surface area contributed by atoms with Gasteiger partial charge in [0.05, 0.1) is 49.9 Å². The smallest absolute Gasteiger partial charge is 0.227 e. The summed E-state index contributed by atoms with van der Waals surface area (Å²) in [7, 11) is 0. The first-order valence-corrected chi connectivity index (χ1v) is 15.0. The summed E-state index contributed by atoms with van der Waals surface area (Å²) in [6.45, 7) is 13.0. The summed E-state index contributed by atoms with van der Waals surface area (Å²) in [5.41, 5.74) is 4.29. The lowest BCUT2D eigenvalue weighted by molar-refractivity contribution is -0.125. The second kappa shape index (κ2) is 14.2. The van der Waals surface area contributed by atoms with Crippen molar-refractivity contribution in [3.05, 3.63) is 54.1 Å². The summed E-state index contributed by atoms with van der Waals surface area (Å²) >= 11 is 0. The predicted octanol–water partition coefficient (Wildman–Crippen LogP) is 4.55. The van der Waals surface area contributed by atoms with Gasteiger partial charge in [0.25, 0.3) is 0 Å². The van der Waals surface area contributed by atoms with E-state index in [4.69, 9.17) is 9.47 Å². The fraction of sp³-hybridized carbons (Fsp3) is 0.515. The van der Waals surface area contributed by atoms with E-state index in [1.54, 1.807) is 9.58 Å². The highest BCUT2D eigenvalue weighted by Crippen LogP contribution is 2.42. The number of anilines is 1. The molecule has 0 fully saturated rings. The van der Waals surface area contributed by atoms with Gasteiger partial charge in [-0.2, -0.15) is 0 Å². The summed E-state index contributed by atoms with van der Waals surface area (Å²) in [5.74, 6) is -0.358. The van der Waals surface area contributed by atoms with Crippen LogP contribution in [-0.4, -0.2) is 71.5 Å². The number of hydrogen-bond acceptors (Lipinski definition) is 7. The van der Waals surface area contributed by atoms with E-state index in [9.17, 15) is 14.7 Å². The van der Waals surface area contributed by atoms with E-state index in [1.807, 2.05) is 62.4 Å². The number of amides is 2. The molecular formula is C33H45N5O5. The molecule has 0 saturated carbocycles. The Kier molecular flexibility index (Phi) is 10.7. The van der Waals surface area contributed by atoms with Crippen LogP contribution >= 0.6 is 0 Å². The van der Waals surface area contributed by atoms with E-state index in [1.165, 1.54) is 0 Å². The van der Waals surface area contributed by atoms with Crippen LogP contribution in [0.2, 0.25) is 0 Å². The van der Waals surface area contributed by atoms with E-state index in [0.29, 0.717) is 50.9 Å². The van der Waals surface area contributed by atoms with E-state index in [-0.39, 0.29) is 36.7 Å². The second-order valence-electron chi connectivity index (χ2n) is 12.7. The summed E-state index contributed by atoms with van der Waals surface area (Å²) in [6.07, 6.45) is 1.12. The third-order valence-corrected chi connectivity index (χ3v) is 7.49. The van der Waals surface area contributed by atoms with Gasteiger partial charge in [-0.3, -0.25) is 9.59 Å². The van der Waals surface area contributed by atoms with Gasteiger partial charge in [-0.05, 0) is 37.3 Å². The number of benzene rings is 2. The lowest BCUT2D eigenvalue weighted by Gasteiger charge is -2.30. The number of ether oxygens (including phenoxy) is 2. The van der Waals surface area contributed by atoms with E-state index in [2.05, 4.69) is 36.4 Å². The minimum atomic E-state index is -0.685. The number of hydrogen-bond donors (Lipinski definition) is 2. The lowest BCUT2D eigenvalue weighted by atomic mass is 9.93. The number of aliphatic hydroxyl groups excluding tert-OH is 1. The first-order chi connectivity index (χ1) is 20.5. The quantitative estimate of drug-likeness (QED) is 0.280. The largest absolute Gasteiger partial charge is 0.394 e. The number of nitrogens with zero attached hydrogens (tertiary/aromatic N) is 4. The van der Waals surface area contributed by atoms with Gasteiger partial charge in [-0.25, -0.2) is 4.68 Å². The maximum absolute atomic E-state index is 13.7. The molecule has 2 aromatic carbocycles. The molecule has 0 saturated heterocycles. The molecule has 232 valence electrons. The Morgan fingerprint density at radius 1 is 0.907 bits per heavy atom. The van der Waals surface area contributed by atoms with Crippen molar-refractivity contribution in [2.75, 3.05) is 44.5 Å². The third kappa shape index (κ3) is 8.28.